The van der Waals surface area contributed by atoms with Crippen molar-refractivity contribution in [3.63, 3.8) is 0 Å². The number of carbonyl (C=O) groups is 1. The number of hydrogen-bond donors (Lipinski definition) is 2. The molecule has 0 aliphatic heterocycles. The van der Waals surface area contributed by atoms with E-state index in [1.165, 1.54) is 6.07 Å². The molecule has 1 heterocycles. The highest BCUT2D eigenvalue weighted by Gasteiger charge is 2.20. The van der Waals surface area contributed by atoms with Crippen molar-refractivity contribution in [1.29, 1.82) is 0 Å². The molecule has 0 aliphatic carbocycles. The number of aliphatic hydroxyl groups excluding tert-OH is 1. The minimum atomic E-state index is -1.64. The van der Waals surface area contributed by atoms with Gasteiger partial charge >= 0.3 is 0 Å². The van der Waals surface area contributed by atoms with E-state index in [0.29, 0.717) is 12.1 Å². The lowest BCUT2D eigenvalue weighted by Crippen LogP contribution is -2.33. The van der Waals surface area contributed by atoms with E-state index < -0.39 is 41.6 Å². The predicted octanol–water partition coefficient (Wildman–Crippen LogP) is 1.14. The topological polar surface area (TPSA) is 84.2 Å². The standard InChI is InChI=1S/C15H14F3N3O3/c1-2-21-13(23)4-3-11(20-21)15(24)19-12(7-22)8-5-9(16)14(18)10(17)6-8/h3-6,12,22H,2,7H2,1H3,(H,19,24). The van der Waals surface area contributed by atoms with Crippen LogP contribution in [0.1, 0.15) is 29.0 Å². The molecule has 0 radical (unpaired) electrons. The molecule has 2 N–H and O–H groups in total. The molecule has 128 valence electrons. The summed E-state index contributed by atoms with van der Waals surface area (Å²) in [6.07, 6.45) is 0. The van der Waals surface area contributed by atoms with Gasteiger partial charge in [0.1, 0.15) is 5.69 Å². The quantitative estimate of drug-likeness (QED) is 0.799. The van der Waals surface area contributed by atoms with Crippen LogP contribution in [-0.4, -0.2) is 27.4 Å². The Balaban J connectivity index is 2.27. The molecule has 24 heavy (non-hydrogen) atoms. The smallest absolute Gasteiger partial charge is 0.272 e. The summed E-state index contributed by atoms with van der Waals surface area (Å²) in [5.74, 6) is -5.27. The molecule has 0 fully saturated rings. The average Bonchev–Trinajstić information content (AvgIpc) is 2.57. The molecule has 0 spiro atoms. The van der Waals surface area contributed by atoms with Gasteiger partial charge in [0, 0.05) is 12.6 Å². The van der Waals surface area contributed by atoms with Gasteiger partial charge in [0.15, 0.2) is 17.5 Å². The van der Waals surface area contributed by atoms with Crippen LogP contribution in [0, 0.1) is 17.5 Å². The van der Waals surface area contributed by atoms with Gasteiger partial charge in [-0.1, -0.05) is 0 Å². The first-order chi connectivity index (χ1) is 11.4. The predicted molar refractivity (Wildman–Crippen MR) is 77.8 cm³/mol. The Bertz CT molecular complexity index is 800. The first kappa shape index (κ1) is 17.7. The molecule has 0 bridgehead atoms. The van der Waals surface area contributed by atoms with Crippen molar-refractivity contribution < 1.29 is 23.1 Å². The molecule has 2 aromatic rings. The van der Waals surface area contributed by atoms with Crippen molar-refractivity contribution in [2.24, 2.45) is 0 Å². The van der Waals surface area contributed by atoms with Crippen molar-refractivity contribution >= 4 is 5.91 Å². The largest absolute Gasteiger partial charge is 0.394 e. The molecule has 9 heteroatoms. The normalized spacial score (nSPS) is 12.0. The van der Waals surface area contributed by atoms with Gasteiger partial charge in [-0.3, -0.25) is 9.59 Å². The van der Waals surface area contributed by atoms with Crippen molar-refractivity contribution in [2.75, 3.05) is 6.61 Å². The van der Waals surface area contributed by atoms with Crippen LogP contribution in [0.25, 0.3) is 0 Å². The van der Waals surface area contributed by atoms with Gasteiger partial charge in [0.25, 0.3) is 11.5 Å². The van der Waals surface area contributed by atoms with Crippen LogP contribution in [-0.2, 0) is 6.54 Å². The molecule has 0 saturated carbocycles. The van der Waals surface area contributed by atoms with E-state index in [1.54, 1.807) is 6.92 Å². The maximum absolute atomic E-state index is 13.3. The Hall–Kier alpha value is -2.68. The van der Waals surface area contributed by atoms with Crippen molar-refractivity contribution in [1.82, 2.24) is 15.1 Å². The van der Waals surface area contributed by atoms with Gasteiger partial charge in [0.2, 0.25) is 0 Å². The number of aromatic nitrogens is 2. The van der Waals surface area contributed by atoms with Gasteiger partial charge < -0.3 is 10.4 Å². The second-order valence-corrected chi connectivity index (χ2v) is 4.88. The van der Waals surface area contributed by atoms with Gasteiger partial charge in [-0.25, -0.2) is 17.9 Å². The first-order valence-corrected chi connectivity index (χ1v) is 7.01. The summed E-state index contributed by atoms with van der Waals surface area (Å²) in [6.45, 7) is 1.23. The molecule has 1 amide bonds. The molecule has 2 rings (SSSR count). The number of amides is 1. The number of aryl methyl sites for hydroxylation is 1. The Morgan fingerprint density at radius 3 is 2.46 bits per heavy atom. The summed E-state index contributed by atoms with van der Waals surface area (Å²) in [4.78, 5) is 23.6. The van der Waals surface area contributed by atoms with E-state index in [-0.39, 0.29) is 17.8 Å². The lowest BCUT2D eigenvalue weighted by Gasteiger charge is -2.17. The Morgan fingerprint density at radius 1 is 1.29 bits per heavy atom. The first-order valence-electron chi connectivity index (χ1n) is 7.01. The van der Waals surface area contributed by atoms with E-state index >= 15 is 0 Å². The van der Waals surface area contributed by atoms with Crippen LogP contribution in [0.5, 0.6) is 0 Å². The highest BCUT2D eigenvalue weighted by atomic mass is 19.2. The second-order valence-electron chi connectivity index (χ2n) is 4.88. The summed E-state index contributed by atoms with van der Waals surface area (Å²) >= 11 is 0. The zero-order chi connectivity index (χ0) is 17.9. The minimum absolute atomic E-state index is 0.113. The van der Waals surface area contributed by atoms with Crippen molar-refractivity contribution in [2.45, 2.75) is 19.5 Å². The zero-order valence-electron chi connectivity index (χ0n) is 12.6. The fourth-order valence-electron chi connectivity index (χ4n) is 2.04. The lowest BCUT2D eigenvalue weighted by atomic mass is 10.1. The van der Waals surface area contributed by atoms with Crippen molar-refractivity contribution in [3.8, 4) is 0 Å². The molecule has 6 nitrogen and oxygen atoms in total. The van der Waals surface area contributed by atoms with Gasteiger partial charge in [0.05, 0.1) is 12.6 Å². The molecular weight excluding hydrogens is 327 g/mol. The molecular formula is C15H14F3N3O3. The number of nitrogens with zero attached hydrogens (tertiary/aromatic N) is 2. The summed E-state index contributed by atoms with van der Waals surface area (Å²) in [7, 11) is 0. The maximum atomic E-state index is 13.3. The number of nitrogens with one attached hydrogen (secondary N) is 1. The average molecular weight is 341 g/mol. The number of aliphatic hydroxyl groups is 1. The third kappa shape index (κ3) is 3.62. The summed E-state index contributed by atoms with van der Waals surface area (Å²) in [5, 5.41) is 15.5. The zero-order valence-corrected chi connectivity index (χ0v) is 12.6. The fourth-order valence-corrected chi connectivity index (χ4v) is 2.04. The number of hydrogen-bond acceptors (Lipinski definition) is 4. The van der Waals surface area contributed by atoms with Gasteiger partial charge in [-0.05, 0) is 30.7 Å². The van der Waals surface area contributed by atoms with E-state index in [2.05, 4.69) is 10.4 Å². The monoisotopic (exact) mass is 341 g/mol. The van der Waals surface area contributed by atoms with Crippen molar-refractivity contribution in [3.05, 3.63) is 63.3 Å². The molecule has 1 unspecified atom stereocenters. The van der Waals surface area contributed by atoms with E-state index in [4.69, 9.17) is 0 Å². The van der Waals surface area contributed by atoms with Gasteiger partial charge in [-0.2, -0.15) is 5.10 Å². The van der Waals surface area contributed by atoms with Crippen LogP contribution in [0.15, 0.2) is 29.1 Å². The highest BCUT2D eigenvalue weighted by molar-refractivity contribution is 5.92. The molecule has 0 saturated heterocycles. The Labute approximate surface area is 134 Å². The van der Waals surface area contributed by atoms with Crippen LogP contribution in [0.2, 0.25) is 0 Å². The van der Waals surface area contributed by atoms with Gasteiger partial charge in [-0.15, -0.1) is 0 Å². The van der Waals surface area contributed by atoms with E-state index in [1.807, 2.05) is 0 Å². The number of halogens is 3. The molecule has 1 aromatic carbocycles. The SMILES string of the molecule is CCn1nc(C(=O)NC(CO)c2cc(F)c(F)c(F)c2)ccc1=O. The van der Waals surface area contributed by atoms with E-state index in [0.717, 1.165) is 10.7 Å². The van der Waals surface area contributed by atoms with E-state index in [9.17, 15) is 27.9 Å². The number of rotatable bonds is 5. The van der Waals surface area contributed by atoms with Crippen LogP contribution in [0.4, 0.5) is 13.2 Å². The minimum Gasteiger partial charge on any atom is -0.394 e. The third-order valence-corrected chi connectivity index (χ3v) is 3.30. The lowest BCUT2D eigenvalue weighted by molar-refractivity contribution is 0.0908. The second kappa shape index (κ2) is 7.26. The van der Waals surface area contributed by atoms with Crippen LogP contribution >= 0.6 is 0 Å². The molecule has 1 aromatic heterocycles. The Morgan fingerprint density at radius 2 is 1.92 bits per heavy atom. The Kier molecular flexibility index (Phi) is 5.35. The number of carbonyl (C=O) groups excluding carboxylic acids is 1. The summed E-state index contributed by atoms with van der Waals surface area (Å²) in [5.41, 5.74) is -0.653. The molecule has 1 atom stereocenters. The van der Waals surface area contributed by atoms with Crippen LogP contribution < -0.4 is 10.9 Å². The summed E-state index contributed by atoms with van der Waals surface area (Å²) in [6, 6.07) is 2.52. The fraction of sp³-hybridized carbons (Fsp3) is 0.267. The summed E-state index contributed by atoms with van der Waals surface area (Å²) < 4.78 is 40.6. The number of benzene rings is 1. The third-order valence-electron chi connectivity index (χ3n) is 3.30. The maximum Gasteiger partial charge on any atom is 0.272 e. The van der Waals surface area contributed by atoms with Crippen LogP contribution in [0.3, 0.4) is 0 Å². The molecule has 0 aliphatic rings. The highest BCUT2D eigenvalue weighted by Crippen LogP contribution is 2.19.